The van der Waals surface area contributed by atoms with Gasteiger partial charge in [-0.25, -0.2) is 4.68 Å². The van der Waals surface area contributed by atoms with Gasteiger partial charge in [0, 0.05) is 0 Å². The molecule has 1 heterocycles. The van der Waals surface area contributed by atoms with Crippen LogP contribution in [0.4, 0.5) is 5.82 Å². The van der Waals surface area contributed by atoms with E-state index in [1.807, 2.05) is 4.68 Å². The number of aromatic nitrogens is 2. The molecule has 3 nitrogen and oxygen atoms in total. The SMILES string of the molecule is CC1CCC(C)C(n2ncc(Br)c2N)C1. The zero-order chi connectivity index (χ0) is 11.0. The van der Waals surface area contributed by atoms with Crippen molar-refractivity contribution in [3.63, 3.8) is 0 Å². The second kappa shape index (κ2) is 4.16. The van der Waals surface area contributed by atoms with Gasteiger partial charge in [0.2, 0.25) is 0 Å². The molecule has 0 bridgehead atoms. The van der Waals surface area contributed by atoms with E-state index in [0.29, 0.717) is 12.0 Å². The van der Waals surface area contributed by atoms with Crippen LogP contribution in [0.5, 0.6) is 0 Å². The Morgan fingerprint density at radius 2 is 2.20 bits per heavy atom. The second-order valence-electron chi connectivity index (χ2n) is 4.79. The minimum atomic E-state index is 0.472. The van der Waals surface area contributed by atoms with Crippen LogP contribution in [-0.2, 0) is 0 Å². The van der Waals surface area contributed by atoms with Crippen LogP contribution in [0, 0.1) is 11.8 Å². The number of hydrogen-bond donors (Lipinski definition) is 1. The summed E-state index contributed by atoms with van der Waals surface area (Å²) in [7, 11) is 0. The van der Waals surface area contributed by atoms with Crippen LogP contribution < -0.4 is 5.73 Å². The fourth-order valence-corrected chi connectivity index (χ4v) is 2.73. The topological polar surface area (TPSA) is 43.8 Å². The molecule has 0 saturated heterocycles. The van der Waals surface area contributed by atoms with Crippen molar-refractivity contribution in [2.24, 2.45) is 11.8 Å². The number of hydrogen-bond acceptors (Lipinski definition) is 2. The molecule has 1 saturated carbocycles. The molecule has 0 aromatic carbocycles. The lowest BCUT2D eigenvalue weighted by Gasteiger charge is -2.33. The highest BCUT2D eigenvalue weighted by molar-refractivity contribution is 9.10. The van der Waals surface area contributed by atoms with E-state index in [0.717, 1.165) is 16.2 Å². The Morgan fingerprint density at radius 1 is 1.47 bits per heavy atom. The molecule has 1 aliphatic rings. The number of rotatable bonds is 1. The van der Waals surface area contributed by atoms with Gasteiger partial charge in [0.25, 0.3) is 0 Å². The third-order valence-electron chi connectivity index (χ3n) is 3.52. The van der Waals surface area contributed by atoms with Gasteiger partial charge >= 0.3 is 0 Å². The van der Waals surface area contributed by atoms with Crippen LogP contribution in [-0.4, -0.2) is 9.78 Å². The van der Waals surface area contributed by atoms with Gasteiger partial charge in [-0.15, -0.1) is 0 Å². The van der Waals surface area contributed by atoms with Crippen molar-refractivity contribution in [2.45, 2.75) is 39.2 Å². The summed E-state index contributed by atoms with van der Waals surface area (Å²) in [5, 5.41) is 4.37. The molecule has 3 atom stereocenters. The Bertz CT molecular complexity index is 348. The fraction of sp³-hybridized carbons (Fsp3) is 0.727. The van der Waals surface area contributed by atoms with E-state index >= 15 is 0 Å². The van der Waals surface area contributed by atoms with E-state index in [1.165, 1.54) is 19.3 Å². The predicted octanol–water partition coefficient (Wildman–Crippen LogP) is 3.23. The first-order chi connectivity index (χ1) is 7.09. The van der Waals surface area contributed by atoms with Crippen LogP contribution >= 0.6 is 15.9 Å². The van der Waals surface area contributed by atoms with E-state index in [9.17, 15) is 0 Å². The highest BCUT2D eigenvalue weighted by atomic mass is 79.9. The van der Waals surface area contributed by atoms with Crippen molar-refractivity contribution in [1.29, 1.82) is 0 Å². The molecule has 0 aliphatic heterocycles. The zero-order valence-corrected chi connectivity index (χ0v) is 10.9. The van der Waals surface area contributed by atoms with Crippen molar-refractivity contribution < 1.29 is 0 Å². The first-order valence-electron chi connectivity index (χ1n) is 5.58. The molecule has 2 rings (SSSR count). The Hall–Kier alpha value is -0.510. The molecule has 1 aromatic rings. The first-order valence-corrected chi connectivity index (χ1v) is 6.37. The highest BCUT2D eigenvalue weighted by Gasteiger charge is 2.28. The standard InChI is InChI=1S/C11H18BrN3/c1-7-3-4-8(2)10(5-7)15-11(13)9(12)6-14-15/h6-8,10H,3-5,13H2,1-2H3. The van der Waals surface area contributed by atoms with Crippen LogP contribution in [0.1, 0.15) is 39.2 Å². The fourth-order valence-electron chi connectivity index (χ4n) is 2.46. The molecule has 0 radical (unpaired) electrons. The lowest BCUT2D eigenvalue weighted by molar-refractivity contribution is 0.196. The Morgan fingerprint density at radius 3 is 2.80 bits per heavy atom. The molecule has 15 heavy (non-hydrogen) atoms. The van der Waals surface area contributed by atoms with Gasteiger partial charge in [-0.05, 0) is 40.6 Å². The molecule has 3 unspecified atom stereocenters. The van der Waals surface area contributed by atoms with Gasteiger partial charge in [0.1, 0.15) is 5.82 Å². The Balaban J connectivity index is 2.25. The lowest BCUT2D eigenvalue weighted by atomic mass is 9.80. The summed E-state index contributed by atoms with van der Waals surface area (Å²) in [6.45, 7) is 4.61. The van der Waals surface area contributed by atoms with Gasteiger partial charge in [0.05, 0.1) is 16.7 Å². The summed E-state index contributed by atoms with van der Waals surface area (Å²) < 4.78 is 2.90. The smallest absolute Gasteiger partial charge is 0.136 e. The van der Waals surface area contributed by atoms with Crippen molar-refractivity contribution >= 4 is 21.7 Å². The average Bonchev–Trinajstić information content (AvgIpc) is 2.52. The average molecular weight is 272 g/mol. The lowest BCUT2D eigenvalue weighted by Crippen LogP contribution is -2.26. The van der Waals surface area contributed by atoms with Crippen molar-refractivity contribution in [3.8, 4) is 0 Å². The number of nitrogens with two attached hydrogens (primary N) is 1. The number of anilines is 1. The Kier molecular flexibility index (Phi) is 3.05. The quantitative estimate of drug-likeness (QED) is 0.853. The molecule has 84 valence electrons. The van der Waals surface area contributed by atoms with E-state index in [4.69, 9.17) is 5.73 Å². The molecule has 1 aliphatic carbocycles. The Labute approximate surface area is 99.2 Å². The number of nitrogen functional groups attached to an aromatic ring is 1. The molecule has 1 aromatic heterocycles. The molecule has 2 N–H and O–H groups in total. The maximum Gasteiger partial charge on any atom is 0.136 e. The summed E-state index contributed by atoms with van der Waals surface area (Å²) in [5.41, 5.74) is 5.99. The van der Waals surface area contributed by atoms with Gasteiger partial charge in [-0.2, -0.15) is 5.10 Å². The maximum absolute atomic E-state index is 5.99. The normalized spacial score (nSPS) is 31.8. The van der Waals surface area contributed by atoms with Crippen molar-refractivity contribution in [1.82, 2.24) is 9.78 Å². The van der Waals surface area contributed by atoms with Crippen LogP contribution in [0.15, 0.2) is 10.7 Å². The molecule has 4 heteroatoms. The molecule has 1 fully saturated rings. The third kappa shape index (κ3) is 2.05. The van der Waals surface area contributed by atoms with Crippen molar-refractivity contribution in [3.05, 3.63) is 10.7 Å². The molecular weight excluding hydrogens is 254 g/mol. The summed E-state index contributed by atoms with van der Waals surface area (Å²) in [4.78, 5) is 0. The van der Waals surface area contributed by atoms with Crippen LogP contribution in [0.3, 0.4) is 0 Å². The van der Waals surface area contributed by atoms with Gasteiger partial charge < -0.3 is 5.73 Å². The molecular formula is C11H18BrN3. The van der Waals surface area contributed by atoms with E-state index in [1.54, 1.807) is 6.20 Å². The third-order valence-corrected chi connectivity index (χ3v) is 4.13. The van der Waals surface area contributed by atoms with E-state index < -0.39 is 0 Å². The maximum atomic E-state index is 5.99. The van der Waals surface area contributed by atoms with Gasteiger partial charge in [0.15, 0.2) is 0 Å². The van der Waals surface area contributed by atoms with Crippen LogP contribution in [0.2, 0.25) is 0 Å². The van der Waals surface area contributed by atoms with Gasteiger partial charge in [-0.3, -0.25) is 0 Å². The van der Waals surface area contributed by atoms with Crippen LogP contribution in [0.25, 0.3) is 0 Å². The van der Waals surface area contributed by atoms with E-state index in [2.05, 4.69) is 34.9 Å². The highest BCUT2D eigenvalue weighted by Crippen LogP contribution is 2.38. The zero-order valence-electron chi connectivity index (χ0n) is 9.28. The summed E-state index contributed by atoms with van der Waals surface area (Å²) in [6, 6.07) is 0.472. The monoisotopic (exact) mass is 271 g/mol. The largest absolute Gasteiger partial charge is 0.383 e. The first kappa shape index (κ1) is 11.0. The minimum absolute atomic E-state index is 0.472. The summed E-state index contributed by atoms with van der Waals surface area (Å²) >= 11 is 3.41. The minimum Gasteiger partial charge on any atom is -0.383 e. The number of halogens is 1. The molecule has 0 spiro atoms. The molecule has 0 amide bonds. The predicted molar refractivity (Wildman–Crippen MR) is 65.6 cm³/mol. The van der Waals surface area contributed by atoms with E-state index in [-0.39, 0.29) is 0 Å². The van der Waals surface area contributed by atoms with Crippen molar-refractivity contribution in [2.75, 3.05) is 5.73 Å². The summed E-state index contributed by atoms with van der Waals surface area (Å²) in [6.07, 6.45) is 5.60. The van der Waals surface area contributed by atoms with Gasteiger partial charge in [-0.1, -0.05) is 20.3 Å². The second-order valence-corrected chi connectivity index (χ2v) is 5.64. The summed E-state index contributed by atoms with van der Waals surface area (Å²) in [5.74, 6) is 2.23. The number of nitrogens with zero attached hydrogens (tertiary/aromatic N) is 2.